The van der Waals surface area contributed by atoms with Crippen molar-refractivity contribution < 1.29 is 4.79 Å². The van der Waals surface area contributed by atoms with E-state index in [0.717, 1.165) is 44.0 Å². The first-order chi connectivity index (χ1) is 12.9. The maximum absolute atomic E-state index is 12.0. The van der Waals surface area contributed by atoms with Crippen LogP contribution in [-0.4, -0.2) is 67.5 Å². The number of nitrogens with one attached hydrogen (secondary N) is 2. The number of benzene rings is 1. The molecule has 1 aliphatic heterocycles. The average molecular weight is 374 g/mol. The fraction of sp³-hybridized carbons (Fsp3) is 0.619. The van der Waals surface area contributed by atoms with Crippen molar-refractivity contribution in [3.8, 4) is 0 Å². The third-order valence-electron chi connectivity index (χ3n) is 4.97. The molecule has 27 heavy (non-hydrogen) atoms. The van der Waals surface area contributed by atoms with Gasteiger partial charge < -0.3 is 20.4 Å². The molecule has 2 rings (SSSR count). The fourth-order valence-corrected chi connectivity index (χ4v) is 3.25. The number of nitrogens with zero attached hydrogens (tertiary/aromatic N) is 3. The van der Waals surface area contributed by atoms with Crippen LogP contribution in [0.3, 0.4) is 0 Å². The number of aliphatic imine (C=N–C) groups is 1. The van der Waals surface area contributed by atoms with Crippen molar-refractivity contribution in [2.75, 3.05) is 33.7 Å². The van der Waals surface area contributed by atoms with Crippen molar-refractivity contribution in [2.24, 2.45) is 4.99 Å². The van der Waals surface area contributed by atoms with Gasteiger partial charge in [-0.05, 0) is 51.3 Å². The highest BCUT2D eigenvalue weighted by molar-refractivity contribution is 5.93. The lowest BCUT2D eigenvalue weighted by atomic mass is 10.0. The highest BCUT2D eigenvalue weighted by atomic mass is 16.2. The molecule has 1 aromatic carbocycles. The van der Waals surface area contributed by atoms with E-state index in [1.807, 2.05) is 24.3 Å². The first-order valence-electron chi connectivity index (χ1n) is 10.00. The number of piperidine rings is 1. The molecular formula is C21H35N5O. The quantitative estimate of drug-likeness (QED) is 0.593. The molecule has 150 valence electrons. The zero-order valence-electron chi connectivity index (χ0n) is 17.5. The Morgan fingerprint density at radius 1 is 1.22 bits per heavy atom. The molecule has 0 spiro atoms. The maximum Gasteiger partial charge on any atom is 0.253 e. The van der Waals surface area contributed by atoms with Crippen LogP contribution >= 0.6 is 0 Å². The van der Waals surface area contributed by atoms with Gasteiger partial charge in [0.25, 0.3) is 5.91 Å². The minimum atomic E-state index is 0.0211. The second-order valence-corrected chi connectivity index (χ2v) is 7.64. The van der Waals surface area contributed by atoms with Crippen LogP contribution in [0.1, 0.15) is 49.5 Å². The van der Waals surface area contributed by atoms with Crippen molar-refractivity contribution in [1.29, 1.82) is 0 Å². The Kier molecular flexibility index (Phi) is 8.10. The zero-order valence-corrected chi connectivity index (χ0v) is 17.5. The summed E-state index contributed by atoms with van der Waals surface area (Å²) in [5.74, 6) is 0.890. The molecule has 0 bridgehead atoms. The van der Waals surface area contributed by atoms with Gasteiger partial charge in [-0.2, -0.15) is 0 Å². The molecule has 1 amide bonds. The van der Waals surface area contributed by atoms with Gasteiger partial charge in [0, 0.05) is 51.4 Å². The van der Waals surface area contributed by atoms with Gasteiger partial charge in [0.15, 0.2) is 5.96 Å². The van der Waals surface area contributed by atoms with E-state index in [2.05, 4.69) is 36.3 Å². The molecule has 0 saturated carbocycles. The average Bonchev–Trinajstić information content (AvgIpc) is 2.66. The van der Waals surface area contributed by atoms with Crippen molar-refractivity contribution in [3.63, 3.8) is 0 Å². The van der Waals surface area contributed by atoms with Crippen LogP contribution in [-0.2, 0) is 6.54 Å². The Morgan fingerprint density at radius 3 is 2.37 bits per heavy atom. The molecule has 1 aliphatic rings. The number of carbonyl (C=O) groups is 1. The van der Waals surface area contributed by atoms with Gasteiger partial charge in [0.2, 0.25) is 0 Å². The smallest absolute Gasteiger partial charge is 0.253 e. The first kappa shape index (κ1) is 21.2. The van der Waals surface area contributed by atoms with Gasteiger partial charge in [0.05, 0.1) is 6.54 Å². The van der Waals surface area contributed by atoms with Crippen LogP contribution in [0.25, 0.3) is 0 Å². The maximum atomic E-state index is 12.0. The number of guanidine groups is 1. The Bertz CT molecular complexity index is 616. The normalized spacial score (nSPS) is 16.4. The van der Waals surface area contributed by atoms with Gasteiger partial charge >= 0.3 is 0 Å². The van der Waals surface area contributed by atoms with Gasteiger partial charge in [-0.3, -0.25) is 4.79 Å². The Balaban J connectivity index is 1.92. The molecule has 0 aromatic heterocycles. The minimum Gasteiger partial charge on any atom is -0.357 e. The summed E-state index contributed by atoms with van der Waals surface area (Å²) in [5.41, 5.74) is 1.80. The van der Waals surface area contributed by atoms with E-state index in [4.69, 9.17) is 4.99 Å². The summed E-state index contributed by atoms with van der Waals surface area (Å²) < 4.78 is 0. The fourth-order valence-electron chi connectivity index (χ4n) is 3.25. The third kappa shape index (κ3) is 6.54. The molecule has 0 aliphatic carbocycles. The summed E-state index contributed by atoms with van der Waals surface area (Å²) in [6, 6.07) is 8.79. The number of rotatable bonds is 6. The zero-order chi connectivity index (χ0) is 19.8. The van der Waals surface area contributed by atoms with E-state index in [0.29, 0.717) is 24.2 Å². The molecule has 0 atom stereocenters. The van der Waals surface area contributed by atoms with E-state index in [1.165, 1.54) is 0 Å². The van der Waals surface area contributed by atoms with Crippen molar-refractivity contribution in [1.82, 2.24) is 20.4 Å². The van der Waals surface area contributed by atoms with Crippen LogP contribution in [0, 0.1) is 0 Å². The van der Waals surface area contributed by atoms with E-state index in [-0.39, 0.29) is 5.91 Å². The van der Waals surface area contributed by atoms with E-state index < -0.39 is 0 Å². The topological polar surface area (TPSA) is 60.0 Å². The lowest BCUT2D eigenvalue weighted by Gasteiger charge is -2.35. The third-order valence-corrected chi connectivity index (χ3v) is 4.97. The van der Waals surface area contributed by atoms with Crippen molar-refractivity contribution >= 4 is 11.9 Å². The lowest BCUT2D eigenvalue weighted by Crippen LogP contribution is -2.49. The molecule has 1 saturated heterocycles. The number of amides is 1. The van der Waals surface area contributed by atoms with Crippen molar-refractivity contribution in [2.45, 2.75) is 52.2 Å². The molecule has 0 unspecified atom stereocenters. The van der Waals surface area contributed by atoms with Gasteiger partial charge in [-0.1, -0.05) is 12.1 Å². The summed E-state index contributed by atoms with van der Waals surface area (Å²) in [6.07, 6.45) is 2.29. The van der Waals surface area contributed by atoms with E-state index in [9.17, 15) is 4.79 Å². The summed E-state index contributed by atoms with van der Waals surface area (Å²) in [4.78, 5) is 20.8. The highest BCUT2D eigenvalue weighted by Crippen LogP contribution is 2.13. The molecule has 2 N–H and O–H groups in total. The van der Waals surface area contributed by atoms with Gasteiger partial charge in [-0.15, -0.1) is 0 Å². The van der Waals surface area contributed by atoms with Gasteiger partial charge in [0.1, 0.15) is 0 Å². The van der Waals surface area contributed by atoms with Gasteiger partial charge in [-0.25, -0.2) is 4.99 Å². The molecule has 1 heterocycles. The molecular weight excluding hydrogens is 338 g/mol. The predicted octanol–water partition coefficient (Wildman–Crippen LogP) is 2.32. The second-order valence-electron chi connectivity index (χ2n) is 7.64. The van der Waals surface area contributed by atoms with Crippen molar-refractivity contribution in [3.05, 3.63) is 35.4 Å². The highest BCUT2D eigenvalue weighted by Gasteiger charge is 2.21. The van der Waals surface area contributed by atoms with Crippen LogP contribution in [0.15, 0.2) is 29.3 Å². The van der Waals surface area contributed by atoms with Crippen LogP contribution in [0.2, 0.25) is 0 Å². The summed E-state index contributed by atoms with van der Waals surface area (Å²) in [7, 11) is 3.53. The van der Waals surface area contributed by atoms with E-state index in [1.54, 1.807) is 19.0 Å². The SMILES string of the molecule is CCNC(=NCc1ccc(C(=O)N(C)C)cc1)NC1CCN(C(C)C)CC1. The number of hydrogen-bond donors (Lipinski definition) is 2. The Labute approximate surface area is 164 Å². The number of hydrogen-bond acceptors (Lipinski definition) is 3. The monoisotopic (exact) mass is 373 g/mol. The largest absolute Gasteiger partial charge is 0.357 e. The summed E-state index contributed by atoms with van der Waals surface area (Å²) in [6.45, 7) is 10.3. The summed E-state index contributed by atoms with van der Waals surface area (Å²) in [5, 5.41) is 6.93. The molecule has 1 aromatic rings. The summed E-state index contributed by atoms with van der Waals surface area (Å²) >= 11 is 0. The number of likely N-dealkylation sites (tertiary alicyclic amines) is 1. The number of carbonyl (C=O) groups excluding carboxylic acids is 1. The van der Waals surface area contributed by atoms with E-state index >= 15 is 0 Å². The first-order valence-corrected chi connectivity index (χ1v) is 10.00. The Hall–Kier alpha value is -2.08. The second kappa shape index (κ2) is 10.3. The molecule has 6 nitrogen and oxygen atoms in total. The minimum absolute atomic E-state index is 0.0211. The molecule has 6 heteroatoms. The molecule has 1 fully saturated rings. The van der Waals surface area contributed by atoms with Crippen LogP contribution < -0.4 is 10.6 Å². The lowest BCUT2D eigenvalue weighted by molar-refractivity contribution is 0.0827. The Morgan fingerprint density at radius 2 is 1.85 bits per heavy atom. The van der Waals surface area contributed by atoms with Crippen LogP contribution in [0.5, 0.6) is 0 Å². The van der Waals surface area contributed by atoms with Crippen LogP contribution in [0.4, 0.5) is 0 Å². The molecule has 0 radical (unpaired) electrons. The predicted molar refractivity (Wildman–Crippen MR) is 112 cm³/mol. The standard InChI is InChI=1S/C21H35N5O/c1-6-22-21(24-19-11-13-26(14-12-19)16(2)3)23-15-17-7-9-18(10-8-17)20(27)25(4)5/h7-10,16,19H,6,11-15H2,1-5H3,(H2,22,23,24).